The Bertz CT molecular complexity index is 656. The molecule has 0 radical (unpaired) electrons. The lowest BCUT2D eigenvalue weighted by Crippen LogP contribution is -2.26. The SMILES string of the molecule is CCCN(C)CC(=O)c1cc(C)n(-c2ccc(N)cc2)c1C. The van der Waals surface area contributed by atoms with Crippen molar-refractivity contribution in [2.75, 3.05) is 25.9 Å². The van der Waals surface area contributed by atoms with Crippen molar-refractivity contribution in [1.82, 2.24) is 9.47 Å². The van der Waals surface area contributed by atoms with Crippen molar-refractivity contribution >= 4 is 11.5 Å². The Kier molecular flexibility index (Phi) is 5.03. The smallest absolute Gasteiger partial charge is 0.178 e. The first-order chi connectivity index (χ1) is 10.4. The van der Waals surface area contributed by atoms with Gasteiger partial charge in [0.25, 0.3) is 0 Å². The minimum Gasteiger partial charge on any atom is -0.399 e. The van der Waals surface area contributed by atoms with Gasteiger partial charge in [-0.2, -0.15) is 0 Å². The van der Waals surface area contributed by atoms with Crippen LogP contribution in [-0.2, 0) is 0 Å². The van der Waals surface area contributed by atoms with E-state index in [2.05, 4.69) is 16.4 Å². The summed E-state index contributed by atoms with van der Waals surface area (Å²) in [6, 6.07) is 9.70. The second-order valence-electron chi connectivity index (χ2n) is 5.87. The third kappa shape index (κ3) is 3.39. The molecule has 1 heterocycles. The van der Waals surface area contributed by atoms with E-state index in [4.69, 9.17) is 5.73 Å². The number of carbonyl (C=O) groups excluding carboxylic acids is 1. The second-order valence-corrected chi connectivity index (χ2v) is 5.87. The summed E-state index contributed by atoms with van der Waals surface area (Å²) in [6.45, 7) is 7.53. The van der Waals surface area contributed by atoms with Gasteiger partial charge in [-0.05, 0) is 64.2 Å². The van der Waals surface area contributed by atoms with Crippen molar-refractivity contribution in [2.24, 2.45) is 0 Å². The third-order valence-electron chi connectivity index (χ3n) is 3.90. The number of benzene rings is 1. The molecule has 4 heteroatoms. The van der Waals surface area contributed by atoms with E-state index in [9.17, 15) is 4.79 Å². The van der Waals surface area contributed by atoms with E-state index in [1.165, 1.54) is 0 Å². The number of nitrogens with zero attached hydrogens (tertiary/aromatic N) is 2. The van der Waals surface area contributed by atoms with Gasteiger partial charge in [0, 0.05) is 28.3 Å². The molecule has 0 saturated heterocycles. The molecule has 0 aliphatic carbocycles. The molecular formula is C18H25N3O. The average Bonchev–Trinajstić information content (AvgIpc) is 2.75. The van der Waals surface area contributed by atoms with Crippen molar-refractivity contribution in [3.05, 3.63) is 47.3 Å². The van der Waals surface area contributed by atoms with E-state index in [0.29, 0.717) is 6.54 Å². The maximum atomic E-state index is 12.5. The first kappa shape index (κ1) is 16.3. The average molecular weight is 299 g/mol. The predicted octanol–water partition coefficient (Wildman–Crippen LogP) is 3.20. The molecule has 4 nitrogen and oxygen atoms in total. The Balaban J connectivity index is 2.31. The highest BCUT2D eigenvalue weighted by Gasteiger charge is 2.17. The van der Waals surface area contributed by atoms with Crippen molar-refractivity contribution in [3.8, 4) is 5.69 Å². The standard InChI is InChI=1S/C18H25N3O/c1-5-10-20(4)12-18(22)17-11-13(2)21(14(17)3)16-8-6-15(19)7-9-16/h6-9,11H,5,10,12,19H2,1-4H3. The molecule has 2 aromatic rings. The van der Waals surface area contributed by atoms with Crippen molar-refractivity contribution in [3.63, 3.8) is 0 Å². The van der Waals surface area contributed by atoms with Gasteiger partial charge in [0.2, 0.25) is 0 Å². The van der Waals surface area contributed by atoms with Crippen LogP contribution in [0.2, 0.25) is 0 Å². The summed E-state index contributed by atoms with van der Waals surface area (Å²) in [4.78, 5) is 14.6. The number of carbonyl (C=O) groups is 1. The molecule has 0 aliphatic rings. The lowest BCUT2D eigenvalue weighted by atomic mass is 10.1. The van der Waals surface area contributed by atoms with Gasteiger partial charge in [0.05, 0.1) is 6.54 Å². The first-order valence-electron chi connectivity index (χ1n) is 7.70. The number of Topliss-reactive ketones (excluding diaryl/α,β-unsaturated/α-hetero) is 1. The number of ketones is 1. The molecule has 0 fully saturated rings. The normalized spacial score (nSPS) is 11.1. The minimum absolute atomic E-state index is 0.172. The van der Waals surface area contributed by atoms with E-state index >= 15 is 0 Å². The summed E-state index contributed by atoms with van der Waals surface area (Å²) < 4.78 is 2.10. The van der Waals surface area contributed by atoms with Gasteiger partial charge in [0.15, 0.2) is 5.78 Å². The number of likely N-dealkylation sites (N-methyl/N-ethyl adjacent to an activating group) is 1. The fourth-order valence-electron chi connectivity index (χ4n) is 2.86. The van der Waals surface area contributed by atoms with Gasteiger partial charge >= 0.3 is 0 Å². The van der Waals surface area contributed by atoms with Crippen LogP contribution in [0.4, 0.5) is 5.69 Å². The lowest BCUT2D eigenvalue weighted by molar-refractivity contribution is 0.0946. The molecule has 1 aromatic heterocycles. The minimum atomic E-state index is 0.172. The highest BCUT2D eigenvalue weighted by atomic mass is 16.1. The third-order valence-corrected chi connectivity index (χ3v) is 3.90. The van der Waals surface area contributed by atoms with Gasteiger partial charge in [0.1, 0.15) is 0 Å². The first-order valence-corrected chi connectivity index (χ1v) is 7.70. The van der Waals surface area contributed by atoms with E-state index in [1.807, 2.05) is 51.2 Å². The molecule has 0 aliphatic heterocycles. The predicted molar refractivity (Wildman–Crippen MR) is 91.8 cm³/mol. The molecule has 0 atom stereocenters. The number of anilines is 1. The van der Waals surface area contributed by atoms with Crippen LogP contribution >= 0.6 is 0 Å². The Morgan fingerprint density at radius 2 is 1.86 bits per heavy atom. The molecule has 2 rings (SSSR count). The fourth-order valence-corrected chi connectivity index (χ4v) is 2.86. The summed E-state index contributed by atoms with van der Waals surface area (Å²) in [5, 5.41) is 0. The number of aromatic nitrogens is 1. The van der Waals surface area contributed by atoms with E-state index < -0.39 is 0 Å². The topological polar surface area (TPSA) is 51.3 Å². The molecule has 2 N–H and O–H groups in total. The van der Waals surface area contributed by atoms with Gasteiger partial charge in [-0.3, -0.25) is 9.69 Å². The Morgan fingerprint density at radius 3 is 2.45 bits per heavy atom. The monoisotopic (exact) mass is 299 g/mol. The van der Waals surface area contributed by atoms with Gasteiger partial charge in [-0.25, -0.2) is 0 Å². The number of nitrogens with two attached hydrogens (primary N) is 1. The van der Waals surface area contributed by atoms with Gasteiger partial charge in [-0.1, -0.05) is 6.92 Å². The molecule has 0 bridgehead atoms. The Labute approximate surface area is 132 Å². The largest absolute Gasteiger partial charge is 0.399 e. The highest BCUT2D eigenvalue weighted by molar-refractivity contribution is 5.99. The summed E-state index contributed by atoms with van der Waals surface area (Å²) in [7, 11) is 1.99. The van der Waals surface area contributed by atoms with Crippen LogP contribution in [0.3, 0.4) is 0 Å². The molecule has 0 unspecified atom stereocenters. The van der Waals surface area contributed by atoms with Crippen LogP contribution in [0.25, 0.3) is 5.69 Å². The van der Waals surface area contributed by atoms with E-state index in [1.54, 1.807) is 0 Å². The van der Waals surface area contributed by atoms with Gasteiger partial charge in [-0.15, -0.1) is 0 Å². The van der Waals surface area contributed by atoms with E-state index in [0.717, 1.165) is 41.3 Å². The molecular weight excluding hydrogens is 274 g/mol. The summed E-state index contributed by atoms with van der Waals surface area (Å²) in [5.74, 6) is 0.172. The number of aryl methyl sites for hydroxylation is 1. The van der Waals surface area contributed by atoms with Crippen molar-refractivity contribution in [1.29, 1.82) is 0 Å². The molecule has 22 heavy (non-hydrogen) atoms. The van der Waals surface area contributed by atoms with E-state index in [-0.39, 0.29) is 5.78 Å². The zero-order valence-corrected chi connectivity index (χ0v) is 13.9. The maximum absolute atomic E-state index is 12.5. The summed E-state index contributed by atoms with van der Waals surface area (Å²) in [6.07, 6.45) is 1.05. The van der Waals surface area contributed by atoms with Crippen LogP contribution in [-0.4, -0.2) is 35.4 Å². The summed E-state index contributed by atoms with van der Waals surface area (Å²) >= 11 is 0. The maximum Gasteiger partial charge on any atom is 0.178 e. The number of rotatable bonds is 6. The zero-order chi connectivity index (χ0) is 16.3. The van der Waals surface area contributed by atoms with Gasteiger partial charge < -0.3 is 10.3 Å². The highest BCUT2D eigenvalue weighted by Crippen LogP contribution is 2.22. The lowest BCUT2D eigenvalue weighted by Gasteiger charge is -2.14. The van der Waals surface area contributed by atoms with Crippen molar-refractivity contribution < 1.29 is 4.79 Å². The molecule has 1 aromatic carbocycles. The summed E-state index contributed by atoms with van der Waals surface area (Å²) in [5.41, 5.74) is 10.4. The Hall–Kier alpha value is -2.07. The van der Waals surface area contributed by atoms with Crippen molar-refractivity contribution in [2.45, 2.75) is 27.2 Å². The number of nitrogen functional groups attached to an aromatic ring is 1. The van der Waals surface area contributed by atoms with Crippen LogP contribution in [0.1, 0.15) is 35.1 Å². The van der Waals surface area contributed by atoms with Crippen LogP contribution in [0.5, 0.6) is 0 Å². The second kappa shape index (κ2) is 6.79. The number of hydrogen-bond acceptors (Lipinski definition) is 3. The molecule has 0 saturated carbocycles. The quantitative estimate of drug-likeness (QED) is 0.658. The molecule has 0 amide bonds. The number of hydrogen-bond donors (Lipinski definition) is 1. The fraction of sp³-hybridized carbons (Fsp3) is 0.389. The van der Waals surface area contributed by atoms with Crippen LogP contribution < -0.4 is 5.73 Å². The van der Waals surface area contributed by atoms with Crippen LogP contribution in [0, 0.1) is 13.8 Å². The zero-order valence-electron chi connectivity index (χ0n) is 13.9. The van der Waals surface area contributed by atoms with Crippen LogP contribution in [0.15, 0.2) is 30.3 Å². The molecule has 118 valence electrons. The molecule has 0 spiro atoms. The Morgan fingerprint density at radius 1 is 1.23 bits per heavy atom.